The van der Waals surface area contributed by atoms with E-state index >= 15 is 0 Å². The number of carbonyl (C=O) groups excluding carboxylic acids is 2. The highest BCUT2D eigenvalue weighted by Gasteiger charge is 2.26. The Hall–Kier alpha value is -3.42. The van der Waals surface area contributed by atoms with E-state index in [1.54, 1.807) is 12.1 Å². The van der Waals surface area contributed by atoms with Crippen LogP contribution in [0, 0.1) is 10.1 Å². The van der Waals surface area contributed by atoms with Crippen molar-refractivity contribution in [3.63, 3.8) is 0 Å². The number of aryl methyl sites for hydroxylation is 1. The highest BCUT2D eigenvalue weighted by molar-refractivity contribution is 5.96. The number of esters is 1. The zero-order valence-corrected chi connectivity index (χ0v) is 15.4. The Morgan fingerprint density at radius 3 is 2.50 bits per heavy atom. The lowest BCUT2D eigenvalue weighted by atomic mass is 10.1. The van der Waals surface area contributed by atoms with Gasteiger partial charge in [0.1, 0.15) is 5.69 Å². The van der Waals surface area contributed by atoms with Crippen LogP contribution in [0.4, 0.5) is 17.1 Å². The third kappa shape index (κ3) is 5.06. The Balaban J connectivity index is 1.58. The molecule has 3 rings (SSSR count). The molecule has 1 aliphatic carbocycles. The van der Waals surface area contributed by atoms with Gasteiger partial charge >= 0.3 is 5.97 Å². The van der Waals surface area contributed by atoms with Gasteiger partial charge in [-0.1, -0.05) is 19.1 Å². The molecule has 0 aliphatic heterocycles. The number of ether oxygens (including phenoxy) is 1. The van der Waals surface area contributed by atoms with Crippen molar-refractivity contribution in [3.05, 3.63) is 63.7 Å². The van der Waals surface area contributed by atoms with Crippen molar-refractivity contribution in [1.82, 2.24) is 0 Å². The minimum Gasteiger partial charge on any atom is -0.452 e. The lowest BCUT2D eigenvalue weighted by molar-refractivity contribution is -0.384. The average molecular weight is 383 g/mol. The fraction of sp³-hybridized carbons (Fsp3) is 0.300. The summed E-state index contributed by atoms with van der Waals surface area (Å²) >= 11 is 0. The molecule has 1 saturated carbocycles. The smallest absolute Gasteiger partial charge is 0.338 e. The minimum atomic E-state index is -0.794. The van der Waals surface area contributed by atoms with Gasteiger partial charge in [0.25, 0.3) is 11.6 Å². The third-order valence-electron chi connectivity index (χ3n) is 4.35. The molecule has 0 heterocycles. The van der Waals surface area contributed by atoms with E-state index in [-0.39, 0.29) is 17.3 Å². The maximum Gasteiger partial charge on any atom is 0.338 e. The van der Waals surface area contributed by atoms with Crippen molar-refractivity contribution in [3.8, 4) is 0 Å². The maximum absolute atomic E-state index is 12.2. The monoisotopic (exact) mass is 383 g/mol. The minimum absolute atomic E-state index is 0.0214. The van der Waals surface area contributed by atoms with Gasteiger partial charge in [0.2, 0.25) is 0 Å². The molecule has 2 aromatic rings. The van der Waals surface area contributed by atoms with Gasteiger partial charge in [-0.15, -0.1) is 0 Å². The number of carbonyl (C=O) groups is 2. The largest absolute Gasteiger partial charge is 0.452 e. The highest BCUT2D eigenvalue weighted by Crippen LogP contribution is 2.31. The Bertz CT molecular complexity index is 891. The molecule has 1 fully saturated rings. The third-order valence-corrected chi connectivity index (χ3v) is 4.35. The number of hydrogen-bond donors (Lipinski definition) is 2. The number of nitro groups is 1. The SMILES string of the molecule is CCc1ccc(NC(=O)COC(=O)c2ccc(NC3CC3)c([N+](=O)[O-])c2)cc1. The maximum atomic E-state index is 12.2. The summed E-state index contributed by atoms with van der Waals surface area (Å²) in [4.78, 5) is 34.8. The number of nitro benzene ring substituents is 1. The van der Waals surface area contributed by atoms with Gasteiger partial charge in [-0.25, -0.2) is 4.79 Å². The normalized spacial score (nSPS) is 12.9. The van der Waals surface area contributed by atoms with Crippen LogP contribution in [-0.4, -0.2) is 29.4 Å². The predicted octanol–water partition coefficient (Wildman–Crippen LogP) is 3.53. The number of amides is 1. The molecule has 0 radical (unpaired) electrons. The lowest BCUT2D eigenvalue weighted by Crippen LogP contribution is -2.21. The van der Waals surface area contributed by atoms with E-state index in [0.717, 1.165) is 30.9 Å². The van der Waals surface area contributed by atoms with E-state index in [1.807, 2.05) is 19.1 Å². The molecule has 0 bridgehead atoms. The summed E-state index contributed by atoms with van der Waals surface area (Å²) in [6, 6.07) is 11.7. The van der Waals surface area contributed by atoms with Gasteiger partial charge in [-0.3, -0.25) is 14.9 Å². The van der Waals surface area contributed by atoms with Crippen LogP contribution in [-0.2, 0) is 16.0 Å². The fourth-order valence-electron chi connectivity index (χ4n) is 2.61. The van der Waals surface area contributed by atoms with E-state index in [1.165, 1.54) is 12.1 Å². The first kappa shape index (κ1) is 19.3. The summed E-state index contributed by atoms with van der Waals surface area (Å²) < 4.78 is 4.98. The summed E-state index contributed by atoms with van der Waals surface area (Å²) in [6.45, 7) is 1.55. The number of hydrogen-bond acceptors (Lipinski definition) is 6. The van der Waals surface area contributed by atoms with Crippen molar-refractivity contribution in [1.29, 1.82) is 0 Å². The molecule has 146 valence electrons. The Labute approximate surface area is 162 Å². The zero-order valence-electron chi connectivity index (χ0n) is 15.4. The topological polar surface area (TPSA) is 111 Å². The molecule has 28 heavy (non-hydrogen) atoms. The molecule has 0 spiro atoms. The van der Waals surface area contributed by atoms with Gasteiger partial charge in [-0.05, 0) is 49.1 Å². The second-order valence-corrected chi connectivity index (χ2v) is 6.58. The van der Waals surface area contributed by atoms with E-state index < -0.39 is 23.4 Å². The van der Waals surface area contributed by atoms with Crippen LogP contribution in [0.15, 0.2) is 42.5 Å². The molecule has 0 aromatic heterocycles. The Morgan fingerprint density at radius 2 is 1.89 bits per heavy atom. The number of rotatable bonds is 8. The van der Waals surface area contributed by atoms with Crippen LogP contribution in [0.2, 0.25) is 0 Å². The van der Waals surface area contributed by atoms with Crippen molar-refractivity contribution in [2.45, 2.75) is 32.2 Å². The number of benzene rings is 2. The van der Waals surface area contributed by atoms with Crippen LogP contribution in [0.1, 0.15) is 35.7 Å². The molecule has 8 heteroatoms. The summed E-state index contributed by atoms with van der Waals surface area (Å²) in [7, 11) is 0. The molecule has 0 unspecified atom stereocenters. The second kappa shape index (κ2) is 8.51. The van der Waals surface area contributed by atoms with Gasteiger partial charge in [0.05, 0.1) is 10.5 Å². The molecule has 2 aromatic carbocycles. The van der Waals surface area contributed by atoms with Gasteiger partial charge in [0, 0.05) is 17.8 Å². The first-order valence-electron chi connectivity index (χ1n) is 9.07. The van der Waals surface area contributed by atoms with E-state index in [2.05, 4.69) is 10.6 Å². The van der Waals surface area contributed by atoms with Crippen LogP contribution >= 0.6 is 0 Å². The standard InChI is InChI=1S/C20H21N3O5/c1-2-13-3-6-16(7-4-13)22-19(24)12-28-20(25)14-5-10-17(21-15-8-9-15)18(11-14)23(26)27/h3-7,10-11,15,21H,2,8-9,12H2,1H3,(H,22,24). The molecule has 8 nitrogen and oxygen atoms in total. The van der Waals surface area contributed by atoms with Crippen LogP contribution in [0.3, 0.4) is 0 Å². The van der Waals surface area contributed by atoms with E-state index in [9.17, 15) is 19.7 Å². The highest BCUT2D eigenvalue weighted by atomic mass is 16.6. The average Bonchev–Trinajstić information content (AvgIpc) is 3.51. The fourth-order valence-corrected chi connectivity index (χ4v) is 2.61. The van der Waals surface area contributed by atoms with Crippen molar-refractivity contribution in [2.24, 2.45) is 0 Å². The number of nitrogens with one attached hydrogen (secondary N) is 2. The Kier molecular flexibility index (Phi) is 5.88. The summed E-state index contributed by atoms with van der Waals surface area (Å²) in [5, 5.41) is 17.0. The van der Waals surface area contributed by atoms with Gasteiger partial charge < -0.3 is 15.4 Å². The van der Waals surface area contributed by atoms with Crippen molar-refractivity contribution < 1.29 is 19.2 Å². The van der Waals surface area contributed by atoms with Gasteiger partial charge in [-0.2, -0.15) is 0 Å². The van der Waals surface area contributed by atoms with Crippen molar-refractivity contribution in [2.75, 3.05) is 17.2 Å². The van der Waals surface area contributed by atoms with Gasteiger partial charge in [0.15, 0.2) is 6.61 Å². The molecular weight excluding hydrogens is 362 g/mol. The molecule has 2 N–H and O–H groups in total. The molecule has 1 aliphatic rings. The molecular formula is C20H21N3O5. The molecule has 0 saturated heterocycles. The summed E-state index contributed by atoms with van der Waals surface area (Å²) in [5.41, 5.74) is 1.95. The number of anilines is 2. The summed E-state index contributed by atoms with van der Waals surface area (Å²) in [5.74, 6) is -1.28. The molecule has 0 atom stereocenters. The quantitative estimate of drug-likeness (QED) is 0.410. The number of nitrogens with zero attached hydrogens (tertiary/aromatic N) is 1. The zero-order chi connectivity index (χ0) is 20.1. The second-order valence-electron chi connectivity index (χ2n) is 6.58. The first-order valence-corrected chi connectivity index (χ1v) is 9.07. The lowest BCUT2D eigenvalue weighted by Gasteiger charge is -2.09. The predicted molar refractivity (Wildman–Crippen MR) is 104 cm³/mol. The van der Waals surface area contributed by atoms with E-state index in [0.29, 0.717) is 11.4 Å². The van der Waals surface area contributed by atoms with Crippen LogP contribution in [0.25, 0.3) is 0 Å². The molecule has 1 amide bonds. The van der Waals surface area contributed by atoms with Crippen LogP contribution in [0.5, 0.6) is 0 Å². The van der Waals surface area contributed by atoms with Crippen molar-refractivity contribution >= 4 is 28.9 Å². The first-order chi connectivity index (χ1) is 13.5. The van der Waals surface area contributed by atoms with Crippen LogP contribution < -0.4 is 10.6 Å². The Morgan fingerprint density at radius 1 is 1.18 bits per heavy atom. The summed E-state index contributed by atoms with van der Waals surface area (Å²) in [6.07, 6.45) is 2.83. The van der Waals surface area contributed by atoms with E-state index in [4.69, 9.17) is 4.74 Å².